The minimum atomic E-state index is -0.131. The maximum absolute atomic E-state index is 12.5. The number of hydrogen-bond acceptors (Lipinski definition) is 3. The number of amides is 1. The fraction of sp³-hybridized carbons (Fsp3) is 0.182. The normalized spacial score (nSPS) is 10.3. The summed E-state index contributed by atoms with van der Waals surface area (Å²) in [7, 11) is 0. The Labute approximate surface area is 154 Å². The van der Waals surface area contributed by atoms with Gasteiger partial charge in [-0.05, 0) is 49.1 Å². The van der Waals surface area contributed by atoms with Gasteiger partial charge in [-0.1, -0.05) is 48.5 Å². The number of hydrogen-bond donors (Lipinski definition) is 2. The van der Waals surface area contributed by atoms with E-state index in [1.165, 1.54) is 5.56 Å². The van der Waals surface area contributed by atoms with E-state index in [4.69, 9.17) is 0 Å². The average Bonchev–Trinajstić information content (AvgIpc) is 2.68. The van der Waals surface area contributed by atoms with Crippen molar-refractivity contribution in [1.82, 2.24) is 4.98 Å². The van der Waals surface area contributed by atoms with Crippen LogP contribution in [0.15, 0.2) is 72.9 Å². The van der Waals surface area contributed by atoms with Crippen molar-refractivity contribution in [3.05, 3.63) is 89.6 Å². The fourth-order valence-electron chi connectivity index (χ4n) is 2.73. The third-order valence-electron chi connectivity index (χ3n) is 4.21. The van der Waals surface area contributed by atoms with Gasteiger partial charge in [0.1, 0.15) is 5.82 Å². The maximum Gasteiger partial charge on any atom is 0.255 e. The molecular weight excluding hydrogens is 322 g/mol. The Bertz CT molecular complexity index is 862. The van der Waals surface area contributed by atoms with Crippen LogP contribution in [0.2, 0.25) is 0 Å². The molecule has 3 aromatic rings. The van der Waals surface area contributed by atoms with Crippen molar-refractivity contribution in [2.24, 2.45) is 0 Å². The van der Waals surface area contributed by atoms with E-state index in [2.05, 4.69) is 39.9 Å². The molecule has 0 fully saturated rings. The first-order chi connectivity index (χ1) is 12.7. The highest BCUT2D eigenvalue weighted by Gasteiger charge is 2.08. The molecule has 0 aliphatic heterocycles. The lowest BCUT2D eigenvalue weighted by atomic mass is 10.1. The van der Waals surface area contributed by atoms with Gasteiger partial charge in [0.25, 0.3) is 5.91 Å². The molecule has 1 amide bonds. The van der Waals surface area contributed by atoms with Crippen LogP contribution in [-0.2, 0) is 6.42 Å². The van der Waals surface area contributed by atoms with E-state index in [9.17, 15) is 4.79 Å². The van der Waals surface area contributed by atoms with Crippen LogP contribution in [0.4, 0.5) is 11.5 Å². The van der Waals surface area contributed by atoms with Crippen LogP contribution < -0.4 is 10.6 Å². The standard InChI is InChI=1S/C22H23N3O/c1-17-8-5-6-12-20(17)25-22(26)19-13-15-24-21(16-19)23-14-7-11-18-9-3-2-4-10-18/h2-6,8-10,12-13,15-16H,7,11,14H2,1H3,(H,23,24)(H,25,26). The van der Waals surface area contributed by atoms with Crippen molar-refractivity contribution in [3.63, 3.8) is 0 Å². The number of aromatic nitrogens is 1. The third kappa shape index (κ3) is 4.93. The van der Waals surface area contributed by atoms with Gasteiger partial charge in [0.05, 0.1) is 0 Å². The molecule has 4 heteroatoms. The minimum absolute atomic E-state index is 0.131. The summed E-state index contributed by atoms with van der Waals surface area (Å²) in [6.07, 6.45) is 3.68. The zero-order valence-electron chi connectivity index (χ0n) is 14.9. The molecule has 132 valence electrons. The molecule has 0 unspecified atom stereocenters. The van der Waals surface area contributed by atoms with Gasteiger partial charge in [-0.15, -0.1) is 0 Å². The summed E-state index contributed by atoms with van der Waals surface area (Å²) in [5.41, 5.74) is 3.78. The van der Waals surface area contributed by atoms with E-state index >= 15 is 0 Å². The van der Waals surface area contributed by atoms with E-state index in [0.717, 1.165) is 36.5 Å². The highest BCUT2D eigenvalue weighted by atomic mass is 16.1. The number of nitrogens with one attached hydrogen (secondary N) is 2. The second kappa shape index (κ2) is 8.81. The van der Waals surface area contributed by atoms with Crippen molar-refractivity contribution < 1.29 is 4.79 Å². The Morgan fingerprint density at radius 2 is 1.77 bits per heavy atom. The zero-order valence-corrected chi connectivity index (χ0v) is 14.9. The average molecular weight is 345 g/mol. The molecule has 0 aliphatic rings. The predicted octanol–water partition coefficient (Wildman–Crippen LogP) is 4.69. The maximum atomic E-state index is 12.5. The SMILES string of the molecule is Cc1ccccc1NC(=O)c1ccnc(NCCCc2ccccc2)c1. The van der Waals surface area contributed by atoms with Crippen LogP contribution in [-0.4, -0.2) is 17.4 Å². The van der Waals surface area contributed by atoms with Gasteiger partial charge in [-0.25, -0.2) is 4.98 Å². The number of pyridine rings is 1. The van der Waals surface area contributed by atoms with Gasteiger partial charge in [-0.2, -0.15) is 0 Å². The Hall–Kier alpha value is -3.14. The first kappa shape index (κ1) is 17.7. The van der Waals surface area contributed by atoms with Crippen molar-refractivity contribution in [2.75, 3.05) is 17.2 Å². The summed E-state index contributed by atoms with van der Waals surface area (Å²) in [6.45, 7) is 2.78. The molecule has 26 heavy (non-hydrogen) atoms. The van der Waals surface area contributed by atoms with Crippen molar-refractivity contribution in [1.29, 1.82) is 0 Å². The van der Waals surface area contributed by atoms with E-state index in [1.54, 1.807) is 18.3 Å². The van der Waals surface area contributed by atoms with Gasteiger partial charge < -0.3 is 10.6 Å². The topological polar surface area (TPSA) is 54.0 Å². The summed E-state index contributed by atoms with van der Waals surface area (Å²) in [4.78, 5) is 16.8. The Morgan fingerprint density at radius 1 is 1.00 bits per heavy atom. The van der Waals surface area contributed by atoms with E-state index in [0.29, 0.717) is 5.56 Å². The predicted molar refractivity (Wildman–Crippen MR) is 107 cm³/mol. The number of aryl methyl sites for hydroxylation is 2. The second-order valence-corrected chi connectivity index (χ2v) is 6.21. The highest BCUT2D eigenvalue weighted by molar-refractivity contribution is 6.05. The first-order valence-corrected chi connectivity index (χ1v) is 8.83. The number of carbonyl (C=O) groups excluding carboxylic acids is 1. The minimum Gasteiger partial charge on any atom is -0.370 e. The molecule has 1 heterocycles. The number of carbonyl (C=O) groups is 1. The highest BCUT2D eigenvalue weighted by Crippen LogP contribution is 2.15. The van der Waals surface area contributed by atoms with Crippen LogP contribution in [0, 0.1) is 6.92 Å². The monoisotopic (exact) mass is 345 g/mol. The Balaban J connectivity index is 1.54. The molecule has 2 aromatic carbocycles. The fourth-order valence-corrected chi connectivity index (χ4v) is 2.73. The van der Waals surface area contributed by atoms with Gasteiger partial charge >= 0.3 is 0 Å². The quantitative estimate of drug-likeness (QED) is 0.611. The second-order valence-electron chi connectivity index (χ2n) is 6.21. The van der Waals surface area contributed by atoms with E-state index in [-0.39, 0.29) is 5.91 Å². The molecule has 0 spiro atoms. The summed E-state index contributed by atoms with van der Waals surface area (Å²) >= 11 is 0. The van der Waals surface area contributed by atoms with Crippen LogP contribution in [0.25, 0.3) is 0 Å². The van der Waals surface area contributed by atoms with Crippen molar-refractivity contribution in [2.45, 2.75) is 19.8 Å². The largest absolute Gasteiger partial charge is 0.370 e. The van der Waals surface area contributed by atoms with E-state index in [1.807, 2.05) is 37.3 Å². The summed E-state index contributed by atoms with van der Waals surface area (Å²) in [5.74, 6) is 0.588. The van der Waals surface area contributed by atoms with E-state index < -0.39 is 0 Å². The van der Waals surface area contributed by atoms with Gasteiger partial charge in [0.15, 0.2) is 0 Å². The molecule has 0 saturated carbocycles. The number of nitrogens with zero attached hydrogens (tertiary/aromatic N) is 1. The van der Waals surface area contributed by atoms with Gasteiger partial charge in [-0.3, -0.25) is 4.79 Å². The van der Waals surface area contributed by atoms with Crippen LogP contribution in [0.1, 0.15) is 27.9 Å². The van der Waals surface area contributed by atoms with Crippen LogP contribution in [0.5, 0.6) is 0 Å². The van der Waals surface area contributed by atoms with Gasteiger partial charge in [0.2, 0.25) is 0 Å². The Morgan fingerprint density at radius 3 is 2.58 bits per heavy atom. The lowest BCUT2D eigenvalue weighted by Crippen LogP contribution is -2.13. The smallest absolute Gasteiger partial charge is 0.255 e. The summed E-state index contributed by atoms with van der Waals surface area (Å²) in [6, 6.07) is 21.7. The number of para-hydroxylation sites is 1. The Kier molecular flexibility index (Phi) is 5.99. The summed E-state index contributed by atoms with van der Waals surface area (Å²) < 4.78 is 0. The zero-order chi connectivity index (χ0) is 18.2. The molecule has 0 aliphatic carbocycles. The molecule has 1 aromatic heterocycles. The molecule has 0 saturated heterocycles. The number of rotatable bonds is 7. The van der Waals surface area contributed by atoms with Crippen molar-refractivity contribution in [3.8, 4) is 0 Å². The van der Waals surface area contributed by atoms with Gasteiger partial charge in [0, 0.05) is 24.0 Å². The molecule has 0 bridgehead atoms. The van der Waals surface area contributed by atoms with Crippen LogP contribution in [0.3, 0.4) is 0 Å². The molecule has 4 nitrogen and oxygen atoms in total. The molecular formula is C22H23N3O. The number of anilines is 2. The number of benzene rings is 2. The first-order valence-electron chi connectivity index (χ1n) is 8.83. The lowest BCUT2D eigenvalue weighted by molar-refractivity contribution is 0.102. The lowest BCUT2D eigenvalue weighted by Gasteiger charge is -2.10. The van der Waals surface area contributed by atoms with Crippen LogP contribution >= 0.6 is 0 Å². The molecule has 2 N–H and O–H groups in total. The summed E-state index contributed by atoms with van der Waals surface area (Å²) in [5, 5.41) is 6.24. The molecule has 3 rings (SSSR count). The third-order valence-corrected chi connectivity index (χ3v) is 4.21. The molecule has 0 atom stereocenters. The van der Waals surface area contributed by atoms with Crippen molar-refractivity contribution >= 4 is 17.4 Å². The molecule has 0 radical (unpaired) electrons.